The number of aliphatic imine (C=N–C) groups is 1. The van der Waals surface area contributed by atoms with E-state index in [1.165, 1.54) is 5.56 Å². The van der Waals surface area contributed by atoms with Crippen molar-refractivity contribution in [3.8, 4) is 0 Å². The van der Waals surface area contributed by atoms with Gasteiger partial charge in [-0.1, -0.05) is 11.6 Å². The third-order valence-corrected chi connectivity index (χ3v) is 2.00. The number of methoxy groups -OCH3 is 1. The number of hydrogen-bond acceptors (Lipinski definition) is 3. The molecular weight excluding hydrogens is 176 g/mol. The first kappa shape index (κ1) is 10.7. The number of nitrogens with two attached hydrogens (primary N) is 1. The van der Waals surface area contributed by atoms with Gasteiger partial charge in [-0.2, -0.15) is 0 Å². The van der Waals surface area contributed by atoms with Gasteiger partial charge in [-0.15, -0.1) is 0 Å². The molecule has 0 atom stereocenters. The van der Waals surface area contributed by atoms with Crippen molar-refractivity contribution in [3.63, 3.8) is 0 Å². The Bertz CT molecular complexity index is 345. The molecule has 0 unspecified atom stereocenters. The minimum atomic E-state index is 0.367. The maximum Gasteiger partial charge on any atom is 0.137 e. The predicted octanol–water partition coefficient (Wildman–Crippen LogP) is 1.91. The lowest BCUT2D eigenvalue weighted by atomic mass is 10.1. The second-order valence-electron chi connectivity index (χ2n) is 3.31. The first-order chi connectivity index (χ1) is 6.65. The molecule has 0 amide bonds. The van der Waals surface area contributed by atoms with Crippen LogP contribution in [0.3, 0.4) is 0 Å². The molecule has 0 fully saturated rings. The minimum Gasteiger partial charge on any atom is -0.398 e. The average molecular weight is 192 g/mol. The number of nitrogens with zero attached hydrogens (tertiary/aromatic N) is 1. The van der Waals surface area contributed by atoms with Crippen LogP contribution in [0.25, 0.3) is 0 Å². The summed E-state index contributed by atoms with van der Waals surface area (Å²) in [5.41, 5.74) is 9.92. The van der Waals surface area contributed by atoms with Crippen molar-refractivity contribution in [2.75, 3.05) is 19.6 Å². The van der Waals surface area contributed by atoms with E-state index in [2.05, 4.69) is 11.1 Å². The summed E-state index contributed by atoms with van der Waals surface area (Å²) < 4.78 is 4.83. The average Bonchev–Trinajstić information content (AvgIpc) is 2.13. The summed E-state index contributed by atoms with van der Waals surface area (Å²) in [6.07, 6.45) is 1.75. The fourth-order valence-electron chi connectivity index (χ4n) is 1.33. The van der Waals surface area contributed by atoms with Crippen LogP contribution in [0.2, 0.25) is 0 Å². The van der Waals surface area contributed by atoms with Gasteiger partial charge in [0.25, 0.3) is 0 Å². The Morgan fingerprint density at radius 2 is 2.14 bits per heavy atom. The molecule has 3 nitrogen and oxygen atoms in total. The maximum atomic E-state index is 5.90. The van der Waals surface area contributed by atoms with Crippen LogP contribution in [0, 0.1) is 13.8 Å². The van der Waals surface area contributed by atoms with Crippen molar-refractivity contribution in [2.24, 2.45) is 4.99 Å². The lowest BCUT2D eigenvalue weighted by molar-refractivity contribution is 0.209. The van der Waals surface area contributed by atoms with Crippen LogP contribution in [-0.4, -0.2) is 20.1 Å². The SMILES string of the molecule is COC/N=C/c1cc(C)cc(C)c1N. The topological polar surface area (TPSA) is 47.6 Å². The van der Waals surface area contributed by atoms with Gasteiger partial charge in [0, 0.05) is 24.6 Å². The molecule has 0 bridgehead atoms. The summed E-state index contributed by atoms with van der Waals surface area (Å²) in [4.78, 5) is 4.08. The summed E-state index contributed by atoms with van der Waals surface area (Å²) in [6.45, 7) is 4.41. The zero-order valence-electron chi connectivity index (χ0n) is 8.87. The van der Waals surface area contributed by atoms with Gasteiger partial charge in [-0.05, 0) is 25.5 Å². The molecule has 0 aliphatic carbocycles. The Labute approximate surface area is 84.6 Å². The first-order valence-corrected chi connectivity index (χ1v) is 4.50. The van der Waals surface area contributed by atoms with E-state index in [0.29, 0.717) is 6.73 Å². The zero-order chi connectivity index (χ0) is 10.6. The van der Waals surface area contributed by atoms with Gasteiger partial charge in [0.2, 0.25) is 0 Å². The van der Waals surface area contributed by atoms with Crippen LogP contribution in [0.4, 0.5) is 5.69 Å². The Kier molecular flexibility index (Phi) is 3.65. The highest BCUT2D eigenvalue weighted by atomic mass is 16.5. The quantitative estimate of drug-likeness (QED) is 0.587. The molecule has 2 N–H and O–H groups in total. The Hall–Kier alpha value is -1.35. The molecule has 76 valence electrons. The van der Waals surface area contributed by atoms with Gasteiger partial charge < -0.3 is 10.5 Å². The van der Waals surface area contributed by atoms with E-state index in [-0.39, 0.29) is 0 Å². The number of nitrogen functional groups attached to an aromatic ring is 1. The molecule has 1 aromatic rings. The standard InChI is InChI=1S/C11H16N2O/c1-8-4-9(2)11(12)10(5-8)6-13-7-14-3/h4-6H,7,12H2,1-3H3/b13-6+. The number of aryl methyl sites for hydroxylation is 2. The van der Waals surface area contributed by atoms with Crippen LogP contribution in [0.15, 0.2) is 17.1 Å². The fourth-order valence-corrected chi connectivity index (χ4v) is 1.33. The summed E-state index contributed by atoms with van der Waals surface area (Å²) in [6, 6.07) is 4.07. The number of benzene rings is 1. The van der Waals surface area contributed by atoms with Crippen molar-refractivity contribution in [3.05, 3.63) is 28.8 Å². The van der Waals surface area contributed by atoms with Crippen LogP contribution in [0.1, 0.15) is 16.7 Å². The third-order valence-electron chi connectivity index (χ3n) is 2.00. The van der Waals surface area contributed by atoms with E-state index < -0.39 is 0 Å². The van der Waals surface area contributed by atoms with Crippen LogP contribution < -0.4 is 5.73 Å². The summed E-state index contributed by atoms with van der Waals surface area (Å²) in [5.74, 6) is 0. The van der Waals surface area contributed by atoms with Gasteiger partial charge in [0.1, 0.15) is 6.73 Å². The van der Waals surface area contributed by atoms with E-state index in [4.69, 9.17) is 10.5 Å². The molecule has 3 heteroatoms. The second kappa shape index (κ2) is 4.77. The maximum absolute atomic E-state index is 5.90. The highest BCUT2D eigenvalue weighted by Gasteiger charge is 2.00. The highest BCUT2D eigenvalue weighted by Crippen LogP contribution is 2.17. The van der Waals surface area contributed by atoms with Crippen LogP contribution in [-0.2, 0) is 4.74 Å². The molecule has 0 aliphatic rings. The van der Waals surface area contributed by atoms with Crippen molar-refractivity contribution in [1.29, 1.82) is 0 Å². The highest BCUT2D eigenvalue weighted by molar-refractivity contribution is 5.88. The molecule has 0 radical (unpaired) electrons. The molecule has 0 saturated carbocycles. The van der Waals surface area contributed by atoms with E-state index in [1.807, 2.05) is 19.9 Å². The Morgan fingerprint density at radius 1 is 1.43 bits per heavy atom. The van der Waals surface area contributed by atoms with Gasteiger partial charge in [-0.25, -0.2) is 0 Å². The number of rotatable bonds is 3. The lowest BCUT2D eigenvalue weighted by Crippen LogP contribution is -1.98. The van der Waals surface area contributed by atoms with E-state index in [0.717, 1.165) is 16.8 Å². The van der Waals surface area contributed by atoms with E-state index >= 15 is 0 Å². The first-order valence-electron chi connectivity index (χ1n) is 4.50. The lowest BCUT2D eigenvalue weighted by Gasteiger charge is -2.05. The number of anilines is 1. The number of ether oxygens (including phenoxy) is 1. The van der Waals surface area contributed by atoms with Crippen molar-refractivity contribution < 1.29 is 4.74 Å². The molecule has 0 saturated heterocycles. The Morgan fingerprint density at radius 3 is 2.79 bits per heavy atom. The summed E-state index contributed by atoms with van der Waals surface area (Å²) >= 11 is 0. The minimum absolute atomic E-state index is 0.367. The van der Waals surface area contributed by atoms with Crippen LogP contribution in [0.5, 0.6) is 0 Å². The van der Waals surface area contributed by atoms with Crippen molar-refractivity contribution in [1.82, 2.24) is 0 Å². The van der Waals surface area contributed by atoms with Crippen molar-refractivity contribution in [2.45, 2.75) is 13.8 Å². The molecule has 0 heterocycles. The molecule has 1 aromatic carbocycles. The van der Waals surface area contributed by atoms with Gasteiger partial charge in [-0.3, -0.25) is 4.99 Å². The van der Waals surface area contributed by atoms with Gasteiger partial charge in [0.05, 0.1) is 0 Å². The second-order valence-corrected chi connectivity index (χ2v) is 3.31. The van der Waals surface area contributed by atoms with Gasteiger partial charge in [0.15, 0.2) is 0 Å². The molecule has 1 rings (SSSR count). The molecule has 0 spiro atoms. The summed E-state index contributed by atoms with van der Waals surface area (Å²) in [7, 11) is 1.61. The van der Waals surface area contributed by atoms with Crippen LogP contribution >= 0.6 is 0 Å². The molecule has 0 aliphatic heterocycles. The van der Waals surface area contributed by atoms with Gasteiger partial charge >= 0.3 is 0 Å². The molecule has 14 heavy (non-hydrogen) atoms. The summed E-state index contributed by atoms with van der Waals surface area (Å²) in [5, 5.41) is 0. The Balaban J connectivity index is 2.96. The monoisotopic (exact) mass is 192 g/mol. The van der Waals surface area contributed by atoms with Crippen molar-refractivity contribution >= 4 is 11.9 Å². The van der Waals surface area contributed by atoms with E-state index in [9.17, 15) is 0 Å². The normalized spacial score (nSPS) is 11.1. The molecule has 0 aromatic heterocycles. The smallest absolute Gasteiger partial charge is 0.137 e. The predicted molar refractivity (Wildman–Crippen MR) is 59.8 cm³/mol. The largest absolute Gasteiger partial charge is 0.398 e. The zero-order valence-corrected chi connectivity index (χ0v) is 8.87. The third kappa shape index (κ3) is 2.57. The number of hydrogen-bond donors (Lipinski definition) is 1. The molecular formula is C11H16N2O. The van der Waals surface area contributed by atoms with E-state index in [1.54, 1.807) is 13.3 Å². The fraction of sp³-hybridized carbons (Fsp3) is 0.364.